The zero-order valence-corrected chi connectivity index (χ0v) is 12.9. The molecule has 0 saturated heterocycles. The van der Waals surface area contributed by atoms with Crippen LogP contribution in [0.15, 0.2) is 6.33 Å². The Morgan fingerprint density at radius 1 is 1.37 bits per heavy atom. The van der Waals surface area contributed by atoms with E-state index < -0.39 is 0 Å². The SMILES string of the molecule is CCN(CC(=O)N(C)C)c1ncnc(Cl)c1C(C)C. The minimum atomic E-state index is 0.0336. The lowest BCUT2D eigenvalue weighted by atomic mass is 10.1. The van der Waals surface area contributed by atoms with Crippen LogP contribution < -0.4 is 4.90 Å². The molecule has 0 atom stereocenters. The molecule has 106 valence electrons. The predicted octanol–water partition coefficient (Wildman–Crippen LogP) is 2.17. The van der Waals surface area contributed by atoms with Gasteiger partial charge in [0.15, 0.2) is 0 Å². The lowest BCUT2D eigenvalue weighted by Gasteiger charge is -2.26. The summed E-state index contributed by atoms with van der Waals surface area (Å²) in [5, 5.41) is 0.454. The highest BCUT2D eigenvalue weighted by atomic mass is 35.5. The molecule has 1 rings (SSSR count). The van der Waals surface area contributed by atoms with Crippen LogP contribution >= 0.6 is 11.6 Å². The van der Waals surface area contributed by atoms with Gasteiger partial charge in [-0.15, -0.1) is 0 Å². The molecule has 1 aromatic rings. The van der Waals surface area contributed by atoms with E-state index in [1.807, 2.05) is 25.7 Å². The summed E-state index contributed by atoms with van der Waals surface area (Å²) >= 11 is 6.15. The van der Waals surface area contributed by atoms with Gasteiger partial charge in [0.25, 0.3) is 0 Å². The predicted molar refractivity (Wildman–Crippen MR) is 77.7 cm³/mol. The summed E-state index contributed by atoms with van der Waals surface area (Å²) in [6.45, 7) is 7.04. The largest absolute Gasteiger partial charge is 0.347 e. The number of rotatable bonds is 5. The molecular weight excluding hydrogens is 264 g/mol. The Morgan fingerprint density at radius 2 is 2.00 bits per heavy atom. The first-order chi connectivity index (χ1) is 8.88. The van der Waals surface area contributed by atoms with Gasteiger partial charge in [-0.1, -0.05) is 25.4 Å². The lowest BCUT2D eigenvalue weighted by molar-refractivity contribution is -0.127. The van der Waals surface area contributed by atoms with Crippen molar-refractivity contribution in [3.8, 4) is 0 Å². The Kier molecular flexibility index (Phi) is 5.54. The van der Waals surface area contributed by atoms with Gasteiger partial charge in [-0.25, -0.2) is 9.97 Å². The molecule has 0 fully saturated rings. The summed E-state index contributed by atoms with van der Waals surface area (Å²) in [6.07, 6.45) is 1.44. The molecule has 0 saturated carbocycles. The van der Waals surface area contributed by atoms with Crippen molar-refractivity contribution < 1.29 is 4.79 Å². The maximum absolute atomic E-state index is 11.9. The Morgan fingerprint density at radius 3 is 2.47 bits per heavy atom. The van der Waals surface area contributed by atoms with Gasteiger partial charge in [-0.2, -0.15) is 0 Å². The molecule has 0 aliphatic carbocycles. The molecule has 1 aromatic heterocycles. The first-order valence-electron chi connectivity index (χ1n) is 6.33. The number of carbonyl (C=O) groups is 1. The highest BCUT2D eigenvalue weighted by Gasteiger charge is 2.20. The fraction of sp³-hybridized carbons (Fsp3) is 0.615. The van der Waals surface area contributed by atoms with Crippen molar-refractivity contribution in [1.82, 2.24) is 14.9 Å². The van der Waals surface area contributed by atoms with E-state index in [0.717, 1.165) is 11.4 Å². The topological polar surface area (TPSA) is 49.3 Å². The summed E-state index contributed by atoms with van der Waals surface area (Å²) in [5.74, 6) is 0.978. The van der Waals surface area contributed by atoms with Gasteiger partial charge in [0, 0.05) is 26.2 Å². The number of hydrogen-bond donors (Lipinski definition) is 0. The fourth-order valence-electron chi connectivity index (χ4n) is 1.76. The van der Waals surface area contributed by atoms with E-state index in [9.17, 15) is 4.79 Å². The first-order valence-corrected chi connectivity index (χ1v) is 6.71. The number of hydrogen-bond acceptors (Lipinski definition) is 4. The van der Waals surface area contributed by atoms with E-state index in [4.69, 9.17) is 11.6 Å². The third-order valence-electron chi connectivity index (χ3n) is 2.90. The molecule has 0 radical (unpaired) electrons. The van der Waals surface area contributed by atoms with E-state index in [-0.39, 0.29) is 18.4 Å². The Labute approximate surface area is 119 Å². The van der Waals surface area contributed by atoms with E-state index in [1.54, 1.807) is 19.0 Å². The van der Waals surface area contributed by atoms with E-state index in [1.165, 1.54) is 6.33 Å². The number of anilines is 1. The van der Waals surface area contributed by atoms with Crippen LogP contribution in [0.4, 0.5) is 5.82 Å². The summed E-state index contributed by atoms with van der Waals surface area (Å²) in [7, 11) is 3.49. The van der Waals surface area contributed by atoms with Crippen molar-refractivity contribution in [2.24, 2.45) is 0 Å². The molecule has 0 spiro atoms. The number of nitrogens with zero attached hydrogens (tertiary/aromatic N) is 4. The highest BCUT2D eigenvalue weighted by molar-refractivity contribution is 6.30. The minimum Gasteiger partial charge on any atom is -0.347 e. The van der Waals surface area contributed by atoms with Gasteiger partial charge in [0.2, 0.25) is 5.91 Å². The number of carbonyl (C=O) groups excluding carboxylic acids is 1. The van der Waals surface area contributed by atoms with Crippen molar-refractivity contribution in [1.29, 1.82) is 0 Å². The van der Waals surface area contributed by atoms with Gasteiger partial charge in [-0.05, 0) is 12.8 Å². The van der Waals surface area contributed by atoms with Crippen LogP contribution in [-0.4, -0.2) is 48.0 Å². The van der Waals surface area contributed by atoms with Gasteiger partial charge in [0.1, 0.15) is 17.3 Å². The van der Waals surface area contributed by atoms with Crippen LogP contribution in [0.25, 0.3) is 0 Å². The molecule has 5 nitrogen and oxygen atoms in total. The van der Waals surface area contributed by atoms with Crippen LogP contribution in [0.3, 0.4) is 0 Å². The molecule has 0 N–H and O–H groups in total. The smallest absolute Gasteiger partial charge is 0.241 e. The van der Waals surface area contributed by atoms with E-state index in [0.29, 0.717) is 11.7 Å². The maximum atomic E-state index is 11.9. The molecule has 1 heterocycles. The van der Waals surface area contributed by atoms with Gasteiger partial charge in [-0.3, -0.25) is 4.79 Å². The Bertz CT molecular complexity index is 448. The van der Waals surface area contributed by atoms with Crippen molar-refractivity contribution in [3.63, 3.8) is 0 Å². The molecule has 0 aromatic carbocycles. The second-order valence-corrected chi connectivity index (χ2v) is 5.22. The van der Waals surface area contributed by atoms with Gasteiger partial charge in [0.05, 0.1) is 6.54 Å². The average Bonchev–Trinajstić information content (AvgIpc) is 2.34. The quantitative estimate of drug-likeness (QED) is 0.778. The molecule has 0 bridgehead atoms. The zero-order chi connectivity index (χ0) is 14.6. The van der Waals surface area contributed by atoms with Crippen LogP contribution in [-0.2, 0) is 4.79 Å². The zero-order valence-electron chi connectivity index (χ0n) is 12.1. The fourth-order valence-corrected chi connectivity index (χ4v) is 2.10. The summed E-state index contributed by atoms with van der Waals surface area (Å²) in [5.41, 5.74) is 0.887. The molecule has 1 amide bonds. The third-order valence-corrected chi connectivity index (χ3v) is 3.20. The molecular formula is C13H21ClN4O. The lowest BCUT2D eigenvalue weighted by Crippen LogP contribution is -2.37. The van der Waals surface area contributed by atoms with E-state index in [2.05, 4.69) is 9.97 Å². The molecule has 6 heteroatoms. The van der Waals surface area contributed by atoms with Crippen LogP contribution in [0.1, 0.15) is 32.3 Å². The average molecular weight is 285 g/mol. The second kappa shape index (κ2) is 6.70. The van der Waals surface area contributed by atoms with Crippen molar-refractivity contribution in [2.75, 3.05) is 32.1 Å². The number of halogens is 1. The van der Waals surface area contributed by atoms with Gasteiger partial charge < -0.3 is 9.80 Å². The van der Waals surface area contributed by atoms with Crippen molar-refractivity contribution in [3.05, 3.63) is 17.0 Å². The van der Waals surface area contributed by atoms with E-state index >= 15 is 0 Å². The molecule has 0 unspecified atom stereocenters. The van der Waals surface area contributed by atoms with Gasteiger partial charge >= 0.3 is 0 Å². The number of likely N-dealkylation sites (N-methyl/N-ethyl adjacent to an activating group) is 2. The second-order valence-electron chi connectivity index (χ2n) is 4.86. The summed E-state index contributed by atoms with van der Waals surface area (Å²) in [6, 6.07) is 0. The minimum absolute atomic E-state index is 0.0336. The summed E-state index contributed by atoms with van der Waals surface area (Å²) in [4.78, 5) is 23.7. The number of aromatic nitrogens is 2. The Balaban J connectivity index is 3.11. The normalized spacial score (nSPS) is 10.7. The highest BCUT2D eigenvalue weighted by Crippen LogP contribution is 2.30. The van der Waals surface area contributed by atoms with Crippen LogP contribution in [0.5, 0.6) is 0 Å². The van der Waals surface area contributed by atoms with Crippen LogP contribution in [0, 0.1) is 0 Å². The first kappa shape index (κ1) is 15.7. The standard InChI is InChI=1S/C13H21ClN4O/c1-6-18(7-10(19)17(4)5)13-11(9(2)3)12(14)15-8-16-13/h8-9H,6-7H2,1-5H3. The van der Waals surface area contributed by atoms with Crippen molar-refractivity contribution >= 4 is 23.3 Å². The molecule has 0 aliphatic heterocycles. The molecule has 19 heavy (non-hydrogen) atoms. The molecule has 0 aliphatic rings. The summed E-state index contributed by atoms with van der Waals surface area (Å²) < 4.78 is 0. The maximum Gasteiger partial charge on any atom is 0.241 e. The monoisotopic (exact) mass is 284 g/mol. The Hall–Kier alpha value is -1.36. The van der Waals surface area contributed by atoms with Crippen LogP contribution in [0.2, 0.25) is 5.15 Å². The van der Waals surface area contributed by atoms with Crippen molar-refractivity contribution in [2.45, 2.75) is 26.7 Å². The third kappa shape index (κ3) is 3.80. The number of amides is 1.